The predicted octanol–water partition coefficient (Wildman–Crippen LogP) is 2.95. The molecule has 0 aliphatic heterocycles. The first-order chi connectivity index (χ1) is 10.3. The Bertz CT molecular complexity index is 638. The second-order valence-electron chi connectivity index (χ2n) is 5.40. The Morgan fingerprint density at radius 2 is 2.29 bits per heavy atom. The monoisotopic (exact) mass is 301 g/mol. The number of hydrogen-bond acceptors (Lipinski definition) is 4. The second-order valence-corrected chi connectivity index (χ2v) is 6.15. The van der Waals surface area contributed by atoms with Crippen LogP contribution in [0.4, 0.5) is 0 Å². The molecular weight excluding hydrogens is 282 g/mol. The summed E-state index contributed by atoms with van der Waals surface area (Å²) in [5.74, 6) is 0.384. The summed E-state index contributed by atoms with van der Waals surface area (Å²) in [6.07, 6.45) is 4.23. The summed E-state index contributed by atoms with van der Waals surface area (Å²) in [5, 5.41) is 7.06. The lowest BCUT2D eigenvalue weighted by atomic mass is 9.83. The number of aryl methyl sites for hydroxylation is 2. The van der Waals surface area contributed by atoms with E-state index < -0.39 is 0 Å². The Hall–Kier alpha value is -1.75. The zero-order valence-corrected chi connectivity index (χ0v) is 12.9. The molecule has 4 nitrogen and oxygen atoms in total. The van der Waals surface area contributed by atoms with Crippen LogP contribution in [-0.4, -0.2) is 22.0 Å². The SMILES string of the molecule is CCc1nnsc1C(=O)NCC1CCCc2ccccc21. The van der Waals surface area contributed by atoms with Gasteiger partial charge in [-0.25, -0.2) is 0 Å². The fraction of sp³-hybridized carbons (Fsp3) is 0.438. The maximum absolute atomic E-state index is 12.3. The van der Waals surface area contributed by atoms with Gasteiger partial charge in [0.05, 0.1) is 5.69 Å². The summed E-state index contributed by atoms with van der Waals surface area (Å²) in [4.78, 5) is 12.9. The highest BCUT2D eigenvalue weighted by molar-refractivity contribution is 7.08. The molecule has 0 spiro atoms. The van der Waals surface area contributed by atoms with Gasteiger partial charge in [-0.2, -0.15) is 0 Å². The van der Waals surface area contributed by atoms with Crippen molar-refractivity contribution in [2.24, 2.45) is 0 Å². The van der Waals surface area contributed by atoms with E-state index in [1.165, 1.54) is 29.1 Å². The van der Waals surface area contributed by atoms with Gasteiger partial charge in [0.25, 0.3) is 5.91 Å². The first-order valence-electron chi connectivity index (χ1n) is 7.46. The molecule has 5 heteroatoms. The van der Waals surface area contributed by atoms with E-state index in [2.05, 4.69) is 39.2 Å². The predicted molar refractivity (Wildman–Crippen MR) is 83.7 cm³/mol. The van der Waals surface area contributed by atoms with E-state index in [0.29, 0.717) is 17.3 Å². The van der Waals surface area contributed by atoms with Crippen LogP contribution in [0.3, 0.4) is 0 Å². The lowest BCUT2D eigenvalue weighted by Gasteiger charge is -2.25. The molecule has 1 N–H and O–H groups in total. The summed E-state index contributed by atoms with van der Waals surface area (Å²) < 4.78 is 3.88. The van der Waals surface area contributed by atoms with Crippen LogP contribution in [0.1, 0.15) is 52.2 Å². The first-order valence-corrected chi connectivity index (χ1v) is 8.24. The van der Waals surface area contributed by atoms with E-state index >= 15 is 0 Å². The second kappa shape index (κ2) is 6.35. The van der Waals surface area contributed by atoms with Crippen molar-refractivity contribution < 1.29 is 4.79 Å². The third kappa shape index (κ3) is 2.97. The van der Waals surface area contributed by atoms with Crippen LogP contribution >= 0.6 is 11.5 Å². The number of nitrogens with one attached hydrogen (secondary N) is 1. The minimum Gasteiger partial charge on any atom is -0.351 e. The molecule has 0 bridgehead atoms. The van der Waals surface area contributed by atoms with Crippen LogP contribution in [0, 0.1) is 0 Å². The number of nitrogens with zero attached hydrogens (tertiary/aromatic N) is 2. The smallest absolute Gasteiger partial charge is 0.264 e. The Morgan fingerprint density at radius 1 is 1.43 bits per heavy atom. The number of hydrogen-bond donors (Lipinski definition) is 1. The van der Waals surface area contributed by atoms with Crippen LogP contribution in [0.2, 0.25) is 0 Å². The first kappa shape index (κ1) is 14.2. The van der Waals surface area contributed by atoms with Crippen molar-refractivity contribution >= 4 is 17.4 Å². The van der Waals surface area contributed by atoms with E-state index in [1.807, 2.05) is 6.92 Å². The highest BCUT2D eigenvalue weighted by Crippen LogP contribution is 2.30. The van der Waals surface area contributed by atoms with Gasteiger partial charge in [0.2, 0.25) is 0 Å². The molecule has 21 heavy (non-hydrogen) atoms. The van der Waals surface area contributed by atoms with Crippen LogP contribution in [0.25, 0.3) is 0 Å². The number of rotatable bonds is 4. The molecular formula is C16H19N3OS. The molecule has 3 rings (SSSR count). The molecule has 1 aromatic heterocycles. The molecule has 0 saturated carbocycles. The number of benzene rings is 1. The van der Waals surface area contributed by atoms with Gasteiger partial charge >= 0.3 is 0 Å². The van der Waals surface area contributed by atoms with E-state index in [9.17, 15) is 4.79 Å². The minimum atomic E-state index is -0.0371. The molecule has 1 amide bonds. The maximum atomic E-state index is 12.3. The highest BCUT2D eigenvalue weighted by atomic mass is 32.1. The van der Waals surface area contributed by atoms with Crippen LogP contribution < -0.4 is 5.32 Å². The van der Waals surface area contributed by atoms with Crippen molar-refractivity contribution in [2.45, 2.75) is 38.5 Å². The molecule has 0 fully saturated rings. The Kier molecular flexibility index (Phi) is 4.29. The van der Waals surface area contributed by atoms with E-state index in [1.54, 1.807) is 0 Å². The molecule has 1 heterocycles. The quantitative estimate of drug-likeness (QED) is 0.944. The molecule has 1 aliphatic rings. The van der Waals surface area contributed by atoms with Crippen molar-refractivity contribution in [2.75, 3.05) is 6.54 Å². The van der Waals surface area contributed by atoms with Gasteiger partial charge in [-0.3, -0.25) is 4.79 Å². The maximum Gasteiger partial charge on any atom is 0.264 e. The zero-order valence-electron chi connectivity index (χ0n) is 12.1. The van der Waals surface area contributed by atoms with Crippen molar-refractivity contribution in [3.05, 3.63) is 46.0 Å². The zero-order chi connectivity index (χ0) is 14.7. The number of fused-ring (bicyclic) bond motifs is 1. The van der Waals surface area contributed by atoms with E-state index in [0.717, 1.165) is 25.0 Å². The minimum absolute atomic E-state index is 0.0371. The number of carbonyl (C=O) groups excluding carboxylic acids is 1. The van der Waals surface area contributed by atoms with Crippen molar-refractivity contribution in [1.29, 1.82) is 0 Å². The molecule has 1 aromatic carbocycles. The average Bonchev–Trinajstić information content (AvgIpc) is 3.01. The normalized spacial score (nSPS) is 17.3. The summed E-state index contributed by atoms with van der Waals surface area (Å²) in [7, 11) is 0. The third-order valence-corrected chi connectivity index (χ3v) is 4.87. The summed E-state index contributed by atoms with van der Waals surface area (Å²) in [5.41, 5.74) is 3.61. The summed E-state index contributed by atoms with van der Waals surface area (Å²) in [6.45, 7) is 2.68. The highest BCUT2D eigenvalue weighted by Gasteiger charge is 2.21. The number of amides is 1. The van der Waals surface area contributed by atoms with Crippen molar-refractivity contribution in [3.8, 4) is 0 Å². The Labute approximate surface area is 128 Å². The van der Waals surface area contributed by atoms with Crippen molar-refractivity contribution in [3.63, 3.8) is 0 Å². The summed E-state index contributed by atoms with van der Waals surface area (Å²) in [6, 6.07) is 8.57. The largest absolute Gasteiger partial charge is 0.351 e. The van der Waals surface area contributed by atoms with Gasteiger partial charge in [0.15, 0.2) is 0 Å². The topological polar surface area (TPSA) is 54.9 Å². The third-order valence-electron chi connectivity index (χ3n) is 4.10. The van der Waals surface area contributed by atoms with E-state index in [-0.39, 0.29) is 5.91 Å². The number of carbonyl (C=O) groups is 1. The molecule has 1 unspecified atom stereocenters. The van der Waals surface area contributed by atoms with Gasteiger partial charge in [-0.15, -0.1) is 5.10 Å². The number of aromatic nitrogens is 2. The molecule has 110 valence electrons. The lowest BCUT2D eigenvalue weighted by Crippen LogP contribution is -2.30. The van der Waals surface area contributed by atoms with Gasteiger partial charge in [-0.1, -0.05) is 35.7 Å². The summed E-state index contributed by atoms with van der Waals surface area (Å²) >= 11 is 1.18. The van der Waals surface area contributed by atoms with Gasteiger partial charge in [0, 0.05) is 12.5 Å². The van der Waals surface area contributed by atoms with Crippen LogP contribution in [0.5, 0.6) is 0 Å². The molecule has 2 aromatic rings. The fourth-order valence-corrected chi connectivity index (χ4v) is 3.64. The molecule has 1 aliphatic carbocycles. The van der Waals surface area contributed by atoms with E-state index in [4.69, 9.17) is 0 Å². The molecule has 1 atom stereocenters. The lowest BCUT2D eigenvalue weighted by molar-refractivity contribution is 0.0953. The van der Waals surface area contributed by atoms with Crippen LogP contribution in [0.15, 0.2) is 24.3 Å². The van der Waals surface area contributed by atoms with Gasteiger partial charge in [-0.05, 0) is 48.3 Å². The van der Waals surface area contributed by atoms with Crippen molar-refractivity contribution in [1.82, 2.24) is 14.9 Å². The van der Waals surface area contributed by atoms with Gasteiger partial charge in [0.1, 0.15) is 4.88 Å². The standard InChI is InChI=1S/C16H19N3OS/c1-2-14-15(21-19-18-14)16(20)17-10-12-8-5-7-11-6-3-4-9-13(11)12/h3-4,6,9,12H,2,5,7-8,10H2,1H3,(H,17,20). The Balaban J connectivity index is 1.67. The Morgan fingerprint density at radius 3 is 3.14 bits per heavy atom. The van der Waals surface area contributed by atoms with Crippen LogP contribution in [-0.2, 0) is 12.8 Å². The molecule has 0 saturated heterocycles. The van der Waals surface area contributed by atoms with Gasteiger partial charge < -0.3 is 5.32 Å². The average molecular weight is 301 g/mol. The fourth-order valence-electron chi connectivity index (χ4n) is 2.98. The molecule has 0 radical (unpaired) electrons.